The van der Waals surface area contributed by atoms with E-state index in [1.807, 2.05) is 7.05 Å². The number of aryl methyl sites for hydroxylation is 1. The van der Waals surface area contributed by atoms with Gasteiger partial charge in [0, 0.05) is 24.6 Å². The van der Waals surface area contributed by atoms with Crippen LogP contribution >= 0.6 is 0 Å². The van der Waals surface area contributed by atoms with E-state index < -0.39 is 0 Å². The second-order valence-electron chi connectivity index (χ2n) is 7.23. The second kappa shape index (κ2) is 5.36. The van der Waals surface area contributed by atoms with Crippen molar-refractivity contribution in [1.29, 1.82) is 5.26 Å². The Labute approximate surface area is 132 Å². The van der Waals surface area contributed by atoms with Crippen LogP contribution in [0.3, 0.4) is 0 Å². The summed E-state index contributed by atoms with van der Waals surface area (Å²) in [6, 6.07) is 2.32. The molecular formula is C17H25N3O2. The number of rotatable bonds is 0. The average Bonchev–Trinajstić information content (AvgIpc) is 2.80. The molecule has 1 fully saturated rings. The highest BCUT2D eigenvalue weighted by Gasteiger charge is 2.50. The molecule has 0 aromatic carbocycles. The zero-order valence-electron chi connectivity index (χ0n) is 14.0. The van der Waals surface area contributed by atoms with E-state index in [0.29, 0.717) is 31.4 Å². The van der Waals surface area contributed by atoms with Gasteiger partial charge in [0.2, 0.25) is 0 Å². The summed E-state index contributed by atoms with van der Waals surface area (Å²) in [4.78, 5) is 0. The van der Waals surface area contributed by atoms with Gasteiger partial charge in [-0.05, 0) is 39.0 Å². The maximum atomic E-state index is 9.43. The molecular weight excluding hydrogens is 278 g/mol. The zero-order chi connectivity index (χ0) is 16.0. The zero-order valence-corrected chi connectivity index (χ0v) is 14.0. The standard InChI is InChI=1S/C17H25N3O2/c1-16(2)14-6-5-12-13(11-18)20(4)19-15(12)17(14,3)7-8-21-9-10-22-16/h14H,5-10H2,1-4H3/t14-,17?/m0/s1. The number of ether oxygens (including phenoxy) is 2. The van der Waals surface area contributed by atoms with Crippen molar-refractivity contribution < 1.29 is 9.47 Å². The molecule has 1 aromatic heterocycles. The van der Waals surface area contributed by atoms with Gasteiger partial charge in [0.25, 0.3) is 0 Å². The highest BCUT2D eigenvalue weighted by Crippen LogP contribution is 2.49. The van der Waals surface area contributed by atoms with Crippen molar-refractivity contribution in [2.75, 3.05) is 19.8 Å². The molecule has 0 radical (unpaired) electrons. The minimum atomic E-state index is -0.218. The number of fused-ring (bicyclic) bond motifs is 3. The predicted molar refractivity (Wildman–Crippen MR) is 82.6 cm³/mol. The molecule has 0 saturated carbocycles. The monoisotopic (exact) mass is 303 g/mol. The minimum absolute atomic E-state index is 0.117. The Morgan fingerprint density at radius 1 is 1.27 bits per heavy atom. The molecule has 22 heavy (non-hydrogen) atoms. The molecule has 2 atom stereocenters. The van der Waals surface area contributed by atoms with Crippen molar-refractivity contribution in [2.45, 2.75) is 51.0 Å². The fraction of sp³-hybridized carbons (Fsp3) is 0.765. The van der Waals surface area contributed by atoms with Gasteiger partial charge in [-0.2, -0.15) is 10.4 Å². The maximum absolute atomic E-state index is 9.43. The molecule has 0 bridgehead atoms. The molecule has 1 saturated heterocycles. The van der Waals surface area contributed by atoms with Crippen LogP contribution in [0.2, 0.25) is 0 Å². The van der Waals surface area contributed by atoms with E-state index in [9.17, 15) is 5.26 Å². The molecule has 5 heteroatoms. The summed E-state index contributed by atoms with van der Waals surface area (Å²) in [5.74, 6) is 0.371. The smallest absolute Gasteiger partial charge is 0.141 e. The summed E-state index contributed by atoms with van der Waals surface area (Å²) < 4.78 is 13.6. The van der Waals surface area contributed by atoms with Gasteiger partial charge in [-0.15, -0.1) is 0 Å². The summed E-state index contributed by atoms with van der Waals surface area (Å²) in [5.41, 5.74) is 2.57. The topological polar surface area (TPSA) is 60.1 Å². The molecule has 1 aliphatic heterocycles. The van der Waals surface area contributed by atoms with Crippen molar-refractivity contribution in [3.05, 3.63) is 17.0 Å². The summed E-state index contributed by atoms with van der Waals surface area (Å²) >= 11 is 0. The van der Waals surface area contributed by atoms with Crippen LogP contribution < -0.4 is 0 Å². The lowest BCUT2D eigenvalue weighted by Gasteiger charge is -2.47. The molecule has 5 nitrogen and oxygen atoms in total. The van der Waals surface area contributed by atoms with E-state index >= 15 is 0 Å². The lowest BCUT2D eigenvalue weighted by atomic mass is 9.60. The van der Waals surface area contributed by atoms with E-state index in [-0.39, 0.29) is 11.0 Å². The first-order valence-electron chi connectivity index (χ1n) is 8.08. The van der Waals surface area contributed by atoms with E-state index in [0.717, 1.165) is 30.5 Å². The van der Waals surface area contributed by atoms with E-state index in [1.165, 1.54) is 0 Å². The van der Waals surface area contributed by atoms with E-state index in [1.54, 1.807) is 4.68 Å². The third-order valence-corrected chi connectivity index (χ3v) is 5.55. The third-order valence-electron chi connectivity index (χ3n) is 5.55. The van der Waals surface area contributed by atoms with Crippen molar-refractivity contribution >= 4 is 0 Å². The quantitative estimate of drug-likeness (QED) is 0.738. The number of hydrogen-bond donors (Lipinski definition) is 0. The number of nitriles is 1. The number of nitrogens with zero attached hydrogens (tertiary/aromatic N) is 3. The number of aromatic nitrogens is 2. The van der Waals surface area contributed by atoms with Gasteiger partial charge in [-0.3, -0.25) is 4.68 Å². The Morgan fingerprint density at radius 3 is 2.77 bits per heavy atom. The average molecular weight is 303 g/mol. The first kappa shape index (κ1) is 15.5. The van der Waals surface area contributed by atoms with Crippen molar-refractivity contribution in [3.8, 4) is 6.07 Å². The van der Waals surface area contributed by atoms with Crippen LogP contribution in [0.15, 0.2) is 0 Å². The fourth-order valence-corrected chi connectivity index (χ4v) is 4.43. The Balaban J connectivity index is 2.12. The Morgan fingerprint density at radius 2 is 2.05 bits per heavy atom. The molecule has 0 amide bonds. The van der Waals surface area contributed by atoms with Crippen molar-refractivity contribution in [3.63, 3.8) is 0 Å². The Hall–Kier alpha value is -1.38. The van der Waals surface area contributed by atoms with Crippen LogP contribution in [-0.4, -0.2) is 35.2 Å². The highest BCUT2D eigenvalue weighted by atomic mass is 16.5. The van der Waals surface area contributed by atoms with Gasteiger partial charge in [0.05, 0.1) is 24.5 Å². The Bertz CT molecular complexity index is 614. The van der Waals surface area contributed by atoms with Crippen LogP contribution in [0.1, 0.15) is 50.6 Å². The molecule has 2 heterocycles. The van der Waals surface area contributed by atoms with Crippen LogP contribution in [0.25, 0.3) is 0 Å². The van der Waals surface area contributed by atoms with Crippen molar-refractivity contribution in [1.82, 2.24) is 9.78 Å². The van der Waals surface area contributed by atoms with Crippen molar-refractivity contribution in [2.24, 2.45) is 13.0 Å². The van der Waals surface area contributed by atoms with Gasteiger partial charge in [-0.25, -0.2) is 0 Å². The van der Waals surface area contributed by atoms with Crippen LogP contribution in [0, 0.1) is 17.2 Å². The predicted octanol–water partition coefficient (Wildman–Crippen LogP) is 2.33. The number of hydrogen-bond acceptors (Lipinski definition) is 4. The lowest BCUT2D eigenvalue weighted by molar-refractivity contribution is -0.0901. The highest BCUT2D eigenvalue weighted by molar-refractivity contribution is 5.42. The largest absolute Gasteiger partial charge is 0.379 e. The SMILES string of the molecule is Cn1nc2c(c1C#N)CC[C@H]1C(C)(C)OCCOCCC21C. The fourth-order valence-electron chi connectivity index (χ4n) is 4.43. The summed E-state index contributed by atoms with van der Waals surface area (Å²) in [6.07, 6.45) is 2.84. The third kappa shape index (κ3) is 2.26. The van der Waals surface area contributed by atoms with Gasteiger partial charge in [0.15, 0.2) is 0 Å². The second-order valence-corrected chi connectivity index (χ2v) is 7.23. The van der Waals surface area contributed by atoms with Gasteiger partial charge < -0.3 is 9.47 Å². The first-order valence-corrected chi connectivity index (χ1v) is 8.08. The molecule has 1 unspecified atom stereocenters. The van der Waals surface area contributed by atoms with E-state index in [4.69, 9.17) is 14.6 Å². The van der Waals surface area contributed by atoms with Crippen LogP contribution in [0.4, 0.5) is 0 Å². The maximum Gasteiger partial charge on any atom is 0.141 e. The van der Waals surface area contributed by atoms with Gasteiger partial charge in [0.1, 0.15) is 11.8 Å². The molecule has 0 N–H and O–H groups in total. The normalized spacial score (nSPS) is 31.1. The molecule has 1 aromatic rings. The first-order chi connectivity index (χ1) is 10.4. The van der Waals surface area contributed by atoms with Crippen LogP contribution in [0.5, 0.6) is 0 Å². The van der Waals surface area contributed by atoms with Gasteiger partial charge >= 0.3 is 0 Å². The summed E-state index contributed by atoms with van der Waals surface area (Å²) in [7, 11) is 1.86. The van der Waals surface area contributed by atoms with Gasteiger partial charge in [-0.1, -0.05) is 6.92 Å². The van der Waals surface area contributed by atoms with Crippen LogP contribution in [-0.2, 0) is 28.4 Å². The lowest BCUT2D eigenvalue weighted by Crippen LogP contribution is -2.50. The molecule has 0 spiro atoms. The molecule has 120 valence electrons. The Kier molecular flexibility index (Phi) is 3.78. The van der Waals surface area contributed by atoms with E-state index in [2.05, 4.69) is 26.8 Å². The molecule has 1 aliphatic carbocycles. The molecule has 3 rings (SSSR count). The minimum Gasteiger partial charge on any atom is -0.379 e. The summed E-state index contributed by atoms with van der Waals surface area (Å²) in [5, 5.41) is 14.2. The molecule has 2 aliphatic rings. The summed E-state index contributed by atoms with van der Waals surface area (Å²) in [6.45, 7) is 8.62.